The van der Waals surface area contributed by atoms with Crippen LogP contribution < -0.4 is 11.1 Å². The average Bonchev–Trinajstić information content (AvgIpc) is 2.30. The molecule has 1 aliphatic rings. The van der Waals surface area contributed by atoms with Gasteiger partial charge >= 0.3 is 0 Å². The number of nitrogens with zero attached hydrogens (tertiary/aromatic N) is 2. The van der Waals surface area contributed by atoms with Crippen molar-refractivity contribution in [2.24, 2.45) is 0 Å². The summed E-state index contributed by atoms with van der Waals surface area (Å²) < 4.78 is 5.29. The van der Waals surface area contributed by atoms with Crippen LogP contribution in [0.3, 0.4) is 0 Å². The molecule has 0 aliphatic carbocycles. The van der Waals surface area contributed by atoms with E-state index in [0.717, 1.165) is 45.2 Å². The number of hydrogen-bond donors (Lipinski definition) is 2. The van der Waals surface area contributed by atoms with Crippen LogP contribution in [0, 0.1) is 0 Å². The first-order valence-electron chi connectivity index (χ1n) is 5.61. The zero-order valence-corrected chi connectivity index (χ0v) is 9.35. The number of rotatable bonds is 4. The highest BCUT2D eigenvalue weighted by molar-refractivity contribution is 5.42. The molecular weight excluding hydrogens is 204 g/mol. The Labute approximate surface area is 95.6 Å². The lowest BCUT2D eigenvalue weighted by Crippen LogP contribution is -2.39. The summed E-state index contributed by atoms with van der Waals surface area (Å²) in [6.07, 6.45) is 0. The van der Waals surface area contributed by atoms with Crippen molar-refractivity contribution in [3.8, 4) is 0 Å². The van der Waals surface area contributed by atoms with Gasteiger partial charge in [-0.2, -0.15) is 0 Å². The lowest BCUT2D eigenvalue weighted by molar-refractivity contribution is 0.0398. The Bertz CT molecular complexity index is 326. The summed E-state index contributed by atoms with van der Waals surface area (Å²) in [5.41, 5.74) is 5.60. The first-order chi connectivity index (χ1) is 7.84. The fourth-order valence-electron chi connectivity index (χ4n) is 1.72. The van der Waals surface area contributed by atoms with Gasteiger partial charge in [0.25, 0.3) is 0 Å². The maximum Gasteiger partial charge on any atom is 0.128 e. The van der Waals surface area contributed by atoms with E-state index in [1.165, 1.54) is 0 Å². The zero-order chi connectivity index (χ0) is 11.2. The van der Waals surface area contributed by atoms with Crippen LogP contribution in [0.1, 0.15) is 0 Å². The Morgan fingerprint density at radius 3 is 2.94 bits per heavy atom. The lowest BCUT2D eigenvalue weighted by Gasteiger charge is -2.26. The summed E-state index contributed by atoms with van der Waals surface area (Å²) in [6.45, 7) is 5.63. The Kier molecular flexibility index (Phi) is 3.96. The van der Waals surface area contributed by atoms with Gasteiger partial charge in [-0.05, 0) is 12.1 Å². The van der Waals surface area contributed by atoms with E-state index >= 15 is 0 Å². The topological polar surface area (TPSA) is 63.4 Å². The second-order valence-electron chi connectivity index (χ2n) is 3.83. The van der Waals surface area contributed by atoms with Gasteiger partial charge in [0, 0.05) is 26.2 Å². The second-order valence-corrected chi connectivity index (χ2v) is 3.83. The van der Waals surface area contributed by atoms with E-state index in [-0.39, 0.29) is 0 Å². The van der Waals surface area contributed by atoms with Crippen LogP contribution in [-0.4, -0.2) is 49.3 Å². The van der Waals surface area contributed by atoms with Crippen molar-refractivity contribution in [1.82, 2.24) is 9.88 Å². The molecule has 0 aromatic carbocycles. The minimum absolute atomic E-state index is 0.552. The van der Waals surface area contributed by atoms with Crippen LogP contribution in [0.15, 0.2) is 18.2 Å². The average molecular weight is 222 g/mol. The zero-order valence-electron chi connectivity index (χ0n) is 9.35. The molecule has 1 saturated heterocycles. The van der Waals surface area contributed by atoms with Gasteiger partial charge in [0.05, 0.1) is 13.2 Å². The quantitative estimate of drug-likeness (QED) is 0.772. The molecule has 0 spiro atoms. The molecule has 1 aromatic heterocycles. The molecule has 2 rings (SSSR count). The van der Waals surface area contributed by atoms with Gasteiger partial charge in [0.15, 0.2) is 0 Å². The number of nitrogens with two attached hydrogens (primary N) is 1. The van der Waals surface area contributed by atoms with E-state index in [2.05, 4.69) is 15.2 Å². The summed E-state index contributed by atoms with van der Waals surface area (Å²) >= 11 is 0. The van der Waals surface area contributed by atoms with Crippen LogP contribution in [0.5, 0.6) is 0 Å². The largest absolute Gasteiger partial charge is 0.384 e. The maximum atomic E-state index is 5.60. The summed E-state index contributed by atoms with van der Waals surface area (Å²) in [5.74, 6) is 1.39. The number of nitrogens with one attached hydrogen (secondary N) is 1. The van der Waals surface area contributed by atoms with Crippen molar-refractivity contribution in [2.45, 2.75) is 0 Å². The predicted molar refractivity (Wildman–Crippen MR) is 64.4 cm³/mol. The van der Waals surface area contributed by atoms with Crippen LogP contribution in [0.2, 0.25) is 0 Å². The molecule has 0 saturated carbocycles. The van der Waals surface area contributed by atoms with Gasteiger partial charge < -0.3 is 15.8 Å². The van der Waals surface area contributed by atoms with Gasteiger partial charge in [-0.1, -0.05) is 6.07 Å². The molecule has 0 bridgehead atoms. The molecule has 1 fully saturated rings. The second kappa shape index (κ2) is 5.67. The molecule has 2 heterocycles. The van der Waals surface area contributed by atoms with Crippen molar-refractivity contribution >= 4 is 11.6 Å². The number of hydrogen-bond acceptors (Lipinski definition) is 5. The fourth-order valence-corrected chi connectivity index (χ4v) is 1.72. The fraction of sp³-hybridized carbons (Fsp3) is 0.545. The van der Waals surface area contributed by atoms with E-state index in [0.29, 0.717) is 5.82 Å². The predicted octanol–water partition coefficient (Wildman–Crippen LogP) is 0.408. The molecular formula is C11H18N4O. The Balaban J connectivity index is 1.71. The third kappa shape index (κ3) is 3.36. The van der Waals surface area contributed by atoms with E-state index in [4.69, 9.17) is 10.5 Å². The van der Waals surface area contributed by atoms with Gasteiger partial charge in [-0.25, -0.2) is 4.98 Å². The Morgan fingerprint density at radius 1 is 1.38 bits per heavy atom. The molecule has 5 nitrogen and oxygen atoms in total. The number of morpholine rings is 1. The van der Waals surface area contributed by atoms with Crippen molar-refractivity contribution < 1.29 is 4.74 Å². The summed E-state index contributed by atoms with van der Waals surface area (Å²) in [4.78, 5) is 6.56. The van der Waals surface area contributed by atoms with Gasteiger partial charge in [0.1, 0.15) is 11.6 Å². The normalized spacial score (nSPS) is 17.2. The van der Waals surface area contributed by atoms with Gasteiger partial charge in [-0.3, -0.25) is 4.90 Å². The number of aromatic nitrogens is 1. The van der Waals surface area contributed by atoms with Gasteiger partial charge in [-0.15, -0.1) is 0 Å². The minimum atomic E-state index is 0.552. The first kappa shape index (κ1) is 11.2. The van der Waals surface area contributed by atoms with Crippen molar-refractivity contribution in [3.63, 3.8) is 0 Å². The van der Waals surface area contributed by atoms with E-state index in [1.807, 2.05) is 12.1 Å². The molecule has 0 amide bonds. The Hall–Kier alpha value is -1.33. The molecule has 5 heteroatoms. The molecule has 1 aliphatic heterocycles. The minimum Gasteiger partial charge on any atom is -0.384 e. The van der Waals surface area contributed by atoms with Crippen LogP contribution in [-0.2, 0) is 4.74 Å². The summed E-state index contributed by atoms with van der Waals surface area (Å²) in [7, 11) is 0. The number of ether oxygens (including phenoxy) is 1. The molecule has 16 heavy (non-hydrogen) atoms. The lowest BCUT2D eigenvalue weighted by atomic mass is 10.4. The molecule has 0 atom stereocenters. The third-order valence-corrected chi connectivity index (χ3v) is 2.61. The standard InChI is InChI=1S/C11H18N4O/c12-10-2-1-3-11(14-10)13-4-5-15-6-8-16-9-7-15/h1-3H,4-9H2,(H3,12,13,14). The number of nitrogen functional groups attached to an aromatic ring is 1. The molecule has 3 N–H and O–H groups in total. The monoisotopic (exact) mass is 222 g/mol. The van der Waals surface area contributed by atoms with Crippen LogP contribution >= 0.6 is 0 Å². The smallest absolute Gasteiger partial charge is 0.128 e. The molecule has 1 aromatic rings. The highest BCUT2D eigenvalue weighted by Crippen LogP contribution is 2.05. The van der Waals surface area contributed by atoms with E-state index in [9.17, 15) is 0 Å². The van der Waals surface area contributed by atoms with Crippen molar-refractivity contribution in [2.75, 3.05) is 50.4 Å². The highest BCUT2D eigenvalue weighted by Gasteiger charge is 2.09. The van der Waals surface area contributed by atoms with Crippen molar-refractivity contribution in [3.05, 3.63) is 18.2 Å². The number of pyridine rings is 1. The van der Waals surface area contributed by atoms with Crippen molar-refractivity contribution in [1.29, 1.82) is 0 Å². The highest BCUT2D eigenvalue weighted by atomic mass is 16.5. The summed E-state index contributed by atoms with van der Waals surface area (Å²) in [5, 5.41) is 3.26. The molecule has 88 valence electrons. The summed E-state index contributed by atoms with van der Waals surface area (Å²) in [6, 6.07) is 5.61. The van der Waals surface area contributed by atoms with E-state index in [1.54, 1.807) is 6.07 Å². The van der Waals surface area contributed by atoms with Gasteiger partial charge in [0.2, 0.25) is 0 Å². The van der Waals surface area contributed by atoms with Crippen LogP contribution in [0.4, 0.5) is 11.6 Å². The van der Waals surface area contributed by atoms with E-state index < -0.39 is 0 Å². The molecule has 0 radical (unpaired) electrons. The Morgan fingerprint density at radius 2 is 2.19 bits per heavy atom. The first-order valence-corrected chi connectivity index (χ1v) is 5.61. The number of anilines is 2. The maximum absolute atomic E-state index is 5.60. The molecule has 0 unspecified atom stereocenters. The third-order valence-electron chi connectivity index (χ3n) is 2.61. The SMILES string of the molecule is Nc1cccc(NCCN2CCOCC2)n1. The van der Waals surface area contributed by atoms with Crippen LogP contribution in [0.25, 0.3) is 0 Å².